The summed E-state index contributed by atoms with van der Waals surface area (Å²) in [6.07, 6.45) is 0. The number of halogens is 2. The minimum atomic E-state index is -0.286. The van der Waals surface area contributed by atoms with Crippen molar-refractivity contribution in [3.8, 4) is 5.75 Å². The molecule has 0 amide bonds. The van der Waals surface area contributed by atoms with Gasteiger partial charge < -0.3 is 4.74 Å². The summed E-state index contributed by atoms with van der Waals surface area (Å²) in [4.78, 5) is 0. The van der Waals surface area contributed by atoms with Crippen LogP contribution in [0.5, 0.6) is 5.75 Å². The van der Waals surface area contributed by atoms with Crippen LogP contribution in [0.25, 0.3) is 0 Å². The highest BCUT2D eigenvalue weighted by Crippen LogP contribution is 2.34. The quantitative estimate of drug-likeness (QED) is 0.706. The molecule has 0 aromatic heterocycles. The number of hydrogen-bond acceptors (Lipinski definition) is 1. The topological polar surface area (TPSA) is 9.23 Å². The third kappa shape index (κ3) is 3.13. The maximum atomic E-state index is 13.4. The zero-order valence-corrected chi connectivity index (χ0v) is 12.7. The largest absolute Gasteiger partial charge is 0.494 e. The summed E-state index contributed by atoms with van der Waals surface area (Å²) < 4.78 is 18.8. The molecule has 2 aromatic rings. The van der Waals surface area contributed by atoms with Crippen LogP contribution in [0.15, 0.2) is 36.4 Å². The molecule has 0 bridgehead atoms. The first kappa shape index (κ1) is 14.9. The third-order valence-electron chi connectivity index (χ3n) is 3.30. The van der Waals surface area contributed by atoms with Gasteiger partial charge >= 0.3 is 0 Å². The Morgan fingerprint density at radius 1 is 1.10 bits per heavy atom. The van der Waals surface area contributed by atoms with Gasteiger partial charge in [0.05, 0.1) is 12.0 Å². The molecule has 0 N–H and O–H groups in total. The molecular formula is C17H18ClFO. The SMILES string of the molecule is CCOc1ccc(C(Cl)c2c(C)cc(F)cc2C)cc1. The van der Waals surface area contributed by atoms with Gasteiger partial charge in [-0.1, -0.05) is 12.1 Å². The lowest BCUT2D eigenvalue weighted by molar-refractivity contribution is 0.340. The summed E-state index contributed by atoms with van der Waals surface area (Å²) >= 11 is 6.56. The van der Waals surface area contributed by atoms with Crippen molar-refractivity contribution < 1.29 is 9.13 Å². The van der Waals surface area contributed by atoms with Crippen LogP contribution in [0, 0.1) is 19.7 Å². The Bertz CT molecular complexity index is 569. The van der Waals surface area contributed by atoms with Crippen molar-refractivity contribution in [1.82, 2.24) is 0 Å². The first-order valence-corrected chi connectivity index (χ1v) is 7.10. The summed E-state index contributed by atoms with van der Waals surface area (Å²) in [5.74, 6) is 0.604. The molecule has 106 valence electrons. The molecule has 20 heavy (non-hydrogen) atoms. The van der Waals surface area contributed by atoms with E-state index in [0.29, 0.717) is 6.61 Å². The fourth-order valence-electron chi connectivity index (χ4n) is 2.39. The maximum absolute atomic E-state index is 13.4. The van der Waals surface area contributed by atoms with Gasteiger partial charge in [-0.15, -0.1) is 11.6 Å². The summed E-state index contributed by atoms with van der Waals surface area (Å²) in [7, 11) is 0. The normalized spacial score (nSPS) is 12.2. The molecule has 0 saturated heterocycles. The summed E-state index contributed by atoms with van der Waals surface area (Å²) in [5.41, 5.74) is 3.69. The predicted molar refractivity (Wildman–Crippen MR) is 81.2 cm³/mol. The Balaban J connectivity index is 2.33. The standard InChI is InChI=1S/C17H18ClFO/c1-4-20-15-7-5-13(6-8-15)17(18)16-11(2)9-14(19)10-12(16)3/h5-10,17H,4H2,1-3H3. The van der Waals surface area contributed by atoms with Crippen molar-refractivity contribution >= 4 is 11.6 Å². The molecule has 0 spiro atoms. The Labute approximate surface area is 124 Å². The van der Waals surface area contributed by atoms with Gasteiger partial charge in [-0.05, 0) is 67.3 Å². The highest BCUT2D eigenvalue weighted by Gasteiger charge is 2.16. The van der Waals surface area contributed by atoms with Crippen LogP contribution in [0.1, 0.15) is 34.6 Å². The van der Waals surface area contributed by atoms with E-state index in [2.05, 4.69) is 0 Å². The average molecular weight is 293 g/mol. The van der Waals surface area contributed by atoms with Gasteiger partial charge in [-0.25, -0.2) is 4.39 Å². The van der Waals surface area contributed by atoms with Crippen LogP contribution in [0.3, 0.4) is 0 Å². The van der Waals surface area contributed by atoms with E-state index in [1.54, 1.807) is 0 Å². The van der Waals surface area contributed by atoms with E-state index in [0.717, 1.165) is 28.0 Å². The van der Waals surface area contributed by atoms with Gasteiger partial charge in [0.1, 0.15) is 11.6 Å². The molecule has 0 saturated carbocycles. The first-order valence-electron chi connectivity index (χ1n) is 6.66. The van der Waals surface area contributed by atoms with Gasteiger partial charge in [0.15, 0.2) is 0 Å². The molecule has 0 aliphatic carbocycles. The molecular weight excluding hydrogens is 275 g/mol. The third-order valence-corrected chi connectivity index (χ3v) is 3.77. The van der Waals surface area contributed by atoms with Crippen LogP contribution in [0.4, 0.5) is 4.39 Å². The van der Waals surface area contributed by atoms with Crippen LogP contribution in [-0.4, -0.2) is 6.61 Å². The average Bonchev–Trinajstić information content (AvgIpc) is 2.38. The fourth-order valence-corrected chi connectivity index (χ4v) is 2.88. The van der Waals surface area contributed by atoms with Crippen molar-refractivity contribution in [3.63, 3.8) is 0 Å². The van der Waals surface area contributed by atoms with Crippen LogP contribution in [-0.2, 0) is 0 Å². The Hall–Kier alpha value is -1.54. The number of hydrogen-bond donors (Lipinski definition) is 0. The van der Waals surface area contributed by atoms with Crippen molar-refractivity contribution in [2.45, 2.75) is 26.1 Å². The van der Waals surface area contributed by atoms with E-state index in [4.69, 9.17) is 16.3 Å². The Kier molecular flexibility index (Phi) is 4.66. The molecule has 0 heterocycles. The molecule has 2 aromatic carbocycles. The molecule has 0 fully saturated rings. The first-order chi connectivity index (χ1) is 9.52. The molecule has 0 aliphatic rings. The smallest absolute Gasteiger partial charge is 0.123 e. The lowest BCUT2D eigenvalue weighted by Gasteiger charge is -2.17. The van der Waals surface area contributed by atoms with Crippen molar-refractivity contribution in [3.05, 3.63) is 64.5 Å². The predicted octanol–water partition coefficient (Wildman–Crippen LogP) is 5.17. The maximum Gasteiger partial charge on any atom is 0.123 e. The van der Waals surface area contributed by atoms with E-state index in [1.165, 1.54) is 12.1 Å². The highest BCUT2D eigenvalue weighted by molar-refractivity contribution is 6.22. The highest BCUT2D eigenvalue weighted by atomic mass is 35.5. The van der Waals surface area contributed by atoms with Gasteiger partial charge in [0.25, 0.3) is 0 Å². The Morgan fingerprint density at radius 2 is 1.65 bits per heavy atom. The zero-order chi connectivity index (χ0) is 14.7. The fraction of sp³-hybridized carbons (Fsp3) is 0.294. The van der Waals surface area contributed by atoms with Crippen molar-refractivity contribution in [2.75, 3.05) is 6.61 Å². The van der Waals surface area contributed by atoms with E-state index >= 15 is 0 Å². The summed E-state index contributed by atoms with van der Waals surface area (Å²) in [5, 5.41) is -0.286. The van der Waals surface area contributed by atoms with E-state index < -0.39 is 0 Å². The molecule has 2 rings (SSSR count). The number of ether oxygens (including phenoxy) is 1. The molecule has 1 atom stereocenters. The second-order valence-corrected chi connectivity index (χ2v) is 5.25. The van der Waals surface area contributed by atoms with E-state index in [-0.39, 0.29) is 11.2 Å². The van der Waals surface area contributed by atoms with Gasteiger partial charge in [-0.3, -0.25) is 0 Å². The molecule has 1 nitrogen and oxygen atoms in total. The number of rotatable bonds is 4. The van der Waals surface area contributed by atoms with Crippen molar-refractivity contribution in [1.29, 1.82) is 0 Å². The Morgan fingerprint density at radius 3 is 2.15 bits per heavy atom. The number of aryl methyl sites for hydroxylation is 2. The summed E-state index contributed by atoms with van der Waals surface area (Å²) in [6, 6.07) is 10.7. The lowest BCUT2D eigenvalue weighted by Crippen LogP contribution is -2.01. The van der Waals surface area contributed by atoms with E-state index in [1.807, 2.05) is 45.0 Å². The summed E-state index contributed by atoms with van der Waals surface area (Å²) in [6.45, 7) is 6.36. The molecule has 0 radical (unpaired) electrons. The lowest BCUT2D eigenvalue weighted by atomic mass is 9.95. The monoisotopic (exact) mass is 292 g/mol. The minimum absolute atomic E-state index is 0.223. The second-order valence-electron chi connectivity index (χ2n) is 4.82. The van der Waals surface area contributed by atoms with Crippen LogP contribution >= 0.6 is 11.6 Å². The van der Waals surface area contributed by atoms with Gasteiger partial charge in [0, 0.05) is 0 Å². The van der Waals surface area contributed by atoms with Crippen LogP contribution < -0.4 is 4.74 Å². The zero-order valence-electron chi connectivity index (χ0n) is 11.9. The minimum Gasteiger partial charge on any atom is -0.494 e. The number of alkyl halides is 1. The number of benzene rings is 2. The van der Waals surface area contributed by atoms with Crippen LogP contribution in [0.2, 0.25) is 0 Å². The van der Waals surface area contributed by atoms with Gasteiger partial charge in [0.2, 0.25) is 0 Å². The van der Waals surface area contributed by atoms with Crippen molar-refractivity contribution in [2.24, 2.45) is 0 Å². The second kappa shape index (κ2) is 6.27. The molecule has 1 unspecified atom stereocenters. The molecule has 3 heteroatoms. The van der Waals surface area contributed by atoms with E-state index in [9.17, 15) is 4.39 Å². The van der Waals surface area contributed by atoms with Gasteiger partial charge in [-0.2, -0.15) is 0 Å². The molecule has 0 aliphatic heterocycles.